The molecule has 0 radical (unpaired) electrons. The van der Waals surface area contributed by atoms with Crippen molar-refractivity contribution in [3.05, 3.63) is 29.7 Å². The number of hydrogen-bond acceptors (Lipinski definition) is 6. The summed E-state index contributed by atoms with van der Waals surface area (Å²) in [4.78, 5) is 8.58. The molecule has 0 aliphatic rings. The lowest BCUT2D eigenvalue weighted by Crippen LogP contribution is -2.38. The van der Waals surface area contributed by atoms with E-state index in [1.54, 1.807) is 14.0 Å². The molecule has 0 aromatic carbocycles. The summed E-state index contributed by atoms with van der Waals surface area (Å²) in [5, 5.41) is 3.88. The van der Waals surface area contributed by atoms with E-state index >= 15 is 0 Å². The zero-order valence-electron chi connectivity index (χ0n) is 10.7. The molecule has 0 saturated carbocycles. The highest BCUT2D eigenvalue weighted by Crippen LogP contribution is 2.20. The van der Waals surface area contributed by atoms with Crippen molar-refractivity contribution in [2.45, 2.75) is 19.4 Å². The van der Waals surface area contributed by atoms with Crippen molar-refractivity contribution in [1.82, 2.24) is 15.1 Å². The number of hydrogen-bond donors (Lipinski definition) is 1. The van der Waals surface area contributed by atoms with E-state index in [1.165, 1.54) is 0 Å². The maximum atomic E-state index is 6.04. The molecule has 0 amide bonds. The van der Waals surface area contributed by atoms with Crippen LogP contribution >= 0.6 is 0 Å². The summed E-state index contributed by atoms with van der Waals surface area (Å²) < 4.78 is 10.2. The fourth-order valence-electron chi connectivity index (χ4n) is 1.59. The lowest BCUT2D eigenvalue weighted by Gasteiger charge is -2.18. The number of pyridine rings is 1. The lowest BCUT2D eigenvalue weighted by molar-refractivity contribution is 0.135. The van der Waals surface area contributed by atoms with Crippen molar-refractivity contribution in [3.63, 3.8) is 0 Å². The molecule has 0 saturated heterocycles. The molecule has 2 aromatic heterocycles. The highest BCUT2D eigenvalue weighted by Gasteiger charge is 2.28. The second kappa shape index (κ2) is 4.83. The highest BCUT2D eigenvalue weighted by atomic mass is 16.5. The molecule has 6 nitrogen and oxygen atoms in total. The highest BCUT2D eigenvalue weighted by molar-refractivity contribution is 5.46. The van der Waals surface area contributed by atoms with Crippen molar-refractivity contribution in [3.8, 4) is 11.6 Å². The molecular formula is C12H16N4O2. The topological polar surface area (TPSA) is 87.1 Å². The molecule has 0 fully saturated rings. The summed E-state index contributed by atoms with van der Waals surface area (Å²) in [6, 6.07) is 5.60. The Balaban J connectivity index is 2.31. The minimum Gasteiger partial charge on any atom is -0.382 e. The van der Waals surface area contributed by atoms with Crippen molar-refractivity contribution >= 4 is 0 Å². The molecule has 2 rings (SSSR count). The van der Waals surface area contributed by atoms with E-state index in [0.29, 0.717) is 24.0 Å². The van der Waals surface area contributed by atoms with E-state index in [2.05, 4.69) is 15.1 Å². The molecule has 2 N–H and O–H groups in total. The van der Waals surface area contributed by atoms with Crippen LogP contribution in [0.25, 0.3) is 11.6 Å². The van der Waals surface area contributed by atoms with Gasteiger partial charge in [0.05, 0.1) is 6.61 Å². The number of ether oxygens (including phenoxy) is 1. The molecule has 1 unspecified atom stereocenters. The first-order chi connectivity index (χ1) is 8.53. The summed E-state index contributed by atoms with van der Waals surface area (Å²) in [6.45, 7) is 4.00. The summed E-state index contributed by atoms with van der Waals surface area (Å²) in [6.07, 6.45) is 0. The molecule has 0 aliphatic heterocycles. The van der Waals surface area contributed by atoms with Crippen molar-refractivity contribution in [2.75, 3.05) is 13.7 Å². The molecule has 18 heavy (non-hydrogen) atoms. The Labute approximate surface area is 105 Å². The zero-order valence-corrected chi connectivity index (χ0v) is 10.7. The molecule has 6 heteroatoms. The number of aryl methyl sites for hydroxylation is 1. The average Bonchev–Trinajstić information content (AvgIpc) is 2.78. The van der Waals surface area contributed by atoms with Crippen LogP contribution in [-0.2, 0) is 10.3 Å². The Morgan fingerprint density at radius 1 is 1.39 bits per heavy atom. The van der Waals surface area contributed by atoms with Crippen molar-refractivity contribution in [2.24, 2.45) is 5.73 Å². The van der Waals surface area contributed by atoms with E-state index in [1.807, 2.05) is 25.1 Å². The lowest BCUT2D eigenvalue weighted by atomic mass is 10.1. The largest absolute Gasteiger partial charge is 0.382 e. The van der Waals surface area contributed by atoms with E-state index in [0.717, 1.165) is 5.69 Å². The van der Waals surface area contributed by atoms with Crippen LogP contribution in [0.4, 0.5) is 0 Å². The zero-order chi connectivity index (χ0) is 13.2. The summed E-state index contributed by atoms with van der Waals surface area (Å²) in [5.74, 6) is 0.768. The molecule has 2 aromatic rings. The standard InChI is InChI=1S/C12H16N4O2/c1-8-5-4-6-9(14-8)10-15-11(16-18-10)12(2,13)7-17-3/h4-6H,7,13H2,1-3H3. The quantitative estimate of drug-likeness (QED) is 0.876. The average molecular weight is 248 g/mol. The van der Waals surface area contributed by atoms with E-state index in [9.17, 15) is 0 Å². The molecule has 2 heterocycles. The van der Waals surface area contributed by atoms with Gasteiger partial charge in [-0.3, -0.25) is 0 Å². The minimum absolute atomic E-state index is 0.313. The Hall–Kier alpha value is -1.79. The van der Waals surface area contributed by atoms with Gasteiger partial charge in [-0.25, -0.2) is 4.98 Å². The van der Waals surface area contributed by atoms with Gasteiger partial charge in [-0.05, 0) is 26.0 Å². The van der Waals surface area contributed by atoms with E-state index < -0.39 is 5.54 Å². The third kappa shape index (κ3) is 2.55. The Bertz CT molecular complexity index is 536. The van der Waals surface area contributed by atoms with Crippen LogP contribution in [0.1, 0.15) is 18.4 Å². The van der Waals surface area contributed by atoms with E-state index in [-0.39, 0.29) is 0 Å². The monoisotopic (exact) mass is 248 g/mol. The van der Waals surface area contributed by atoms with Crippen LogP contribution in [0.2, 0.25) is 0 Å². The molecule has 0 bridgehead atoms. The Morgan fingerprint density at radius 2 is 2.17 bits per heavy atom. The van der Waals surface area contributed by atoms with Gasteiger partial charge in [0.15, 0.2) is 5.82 Å². The second-order valence-corrected chi connectivity index (χ2v) is 4.44. The maximum Gasteiger partial charge on any atom is 0.276 e. The number of nitrogens with two attached hydrogens (primary N) is 1. The van der Waals surface area contributed by atoms with Crippen LogP contribution in [0.15, 0.2) is 22.7 Å². The summed E-state index contributed by atoms with van der Waals surface area (Å²) >= 11 is 0. The second-order valence-electron chi connectivity index (χ2n) is 4.44. The number of methoxy groups -OCH3 is 1. The van der Waals surface area contributed by atoms with Gasteiger partial charge in [0.1, 0.15) is 11.2 Å². The first-order valence-electron chi connectivity index (χ1n) is 5.59. The third-order valence-corrected chi connectivity index (χ3v) is 2.49. The number of nitrogens with zero attached hydrogens (tertiary/aromatic N) is 3. The van der Waals surface area contributed by atoms with Gasteiger partial charge in [0, 0.05) is 12.8 Å². The number of rotatable bonds is 4. The fourth-order valence-corrected chi connectivity index (χ4v) is 1.59. The molecule has 1 atom stereocenters. The normalized spacial score (nSPS) is 14.4. The third-order valence-electron chi connectivity index (χ3n) is 2.49. The van der Waals surface area contributed by atoms with Crippen LogP contribution < -0.4 is 5.73 Å². The van der Waals surface area contributed by atoms with Gasteiger partial charge in [0.2, 0.25) is 0 Å². The van der Waals surface area contributed by atoms with Crippen LogP contribution in [0.5, 0.6) is 0 Å². The van der Waals surface area contributed by atoms with Crippen molar-refractivity contribution < 1.29 is 9.26 Å². The van der Waals surface area contributed by atoms with Gasteiger partial charge in [-0.2, -0.15) is 4.98 Å². The number of aromatic nitrogens is 3. The predicted octanol–water partition coefficient (Wildman–Crippen LogP) is 1.26. The smallest absolute Gasteiger partial charge is 0.276 e. The van der Waals surface area contributed by atoms with Gasteiger partial charge in [-0.1, -0.05) is 11.2 Å². The minimum atomic E-state index is -0.777. The maximum absolute atomic E-state index is 6.04. The van der Waals surface area contributed by atoms with Crippen LogP contribution in [0, 0.1) is 6.92 Å². The van der Waals surface area contributed by atoms with E-state index in [4.69, 9.17) is 15.0 Å². The Morgan fingerprint density at radius 3 is 2.83 bits per heavy atom. The molecular weight excluding hydrogens is 232 g/mol. The summed E-state index contributed by atoms with van der Waals surface area (Å²) in [5.41, 5.74) is 6.79. The van der Waals surface area contributed by atoms with Gasteiger partial charge in [0.25, 0.3) is 5.89 Å². The van der Waals surface area contributed by atoms with Crippen LogP contribution in [-0.4, -0.2) is 28.8 Å². The van der Waals surface area contributed by atoms with Gasteiger partial charge in [-0.15, -0.1) is 0 Å². The first-order valence-corrected chi connectivity index (χ1v) is 5.59. The summed E-state index contributed by atoms with van der Waals surface area (Å²) in [7, 11) is 1.58. The van der Waals surface area contributed by atoms with Crippen molar-refractivity contribution in [1.29, 1.82) is 0 Å². The molecule has 96 valence electrons. The van der Waals surface area contributed by atoms with Gasteiger partial charge >= 0.3 is 0 Å². The SMILES string of the molecule is COCC(C)(N)c1noc(-c2cccc(C)n2)n1. The van der Waals surface area contributed by atoms with Gasteiger partial charge < -0.3 is 15.0 Å². The fraction of sp³-hybridized carbons (Fsp3) is 0.417. The first kappa shape index (κ1) is 12.7. The predicted molar refractivity (Wildman–Crippen MR) is 65.7 cm³/mol. The molecule has 0 spiro atoms. The Kier molecular flexibility index (Phi) is 3.40. The molecule has 0 aliphatic carbocycles. The van der Waals surface area contributed by atoms with Crippen LogP contribution in [0.3, 0.4) is 0 Å².